The average molecular weight is 301 g/mol. The molecule has 0 radical (unpaired) electrons. The van der Waals surface area contributed by atoms with Crippen molar-refractivity contribution in [2.24, 2.45) is 4.99 Å². The first-order valence-corrected chi connectivity index (χ1v) is 7.15. The second-order valence-electron chi connectivity index (χ2n) is 4.81. The summed E-state index contributed by atoms with van der Waals surface area (Å²) in [5, 5.41) is 10.7. The SMILES string of the molecule is CN=C(NCCn1cccn1)NCc1ccc2c(c1)OCO2. The van der Waals surface area contributed by atoms with E-state index in [0.29, 0.717) is 13.3 Å². The van der Waals surface area contributed by atoms with Crippen LogP contribution < -0.4 is 20.1 Å². The number of aliphatic imine (C=N–C) groups is 1. The molecule has 0 unspecified atom stereocenters. The van der Waals surface area contributed by atoms with Crippen molar-refractivity contribution in [3.63, 3.8) is 0 Å². The van der Waals surface area contributed by atoms with Crippen molar-refractivity contribution in [1.82, 2.24) is 20.4 Å². The summed E-state index contributed by atoms with van der Waals surface area (Å²) in [7, 11) is 1.75. The first-order valence-electron chi connectivity index (χ1n) is 7.15. The molecular formula is C15H19N5O2. The number of hydrogen-bond donors (Lipinski definition) is 2. The van der Waals surface area contributed by atoms with Crippen LogP contribution in [-0.2, 0) is 13.1 Å². The van der Waals surface area contributed by atoms with Gasteiger partial charge in [0.1, 0.15) is 0 Å². The van der Waals surface area contributed by atoms with Crippen LogP contribution in [0.5, 0.6) is 11.5 Å². The first-order chi connectivity index (χ1) is 10.8. The van der Waals surface area contributed by atoms with Crippen molar-refractivity contribution >= 4 is 5.96 Å². The third kappa shape index (κ3) is 3.49. The maximum atomic E-state index is 5.37. The molecule has 2 heterocycles. The average Bonchev–Trinajstić information content (AvgIpc) is 3.21. The van der Waals surface area contributed by atoms with Crippen molar-refractivity contribution in [2.75, 3.05) is 20.4 Å². The molecule has 3 rings (SSSR count). The highest BCUT2D eigenvalue weighted by Gasteiger charge is 2.13. The van der Waals surface area contributed by atoms with Gasteiger partial charge in [0.15, 0.2) is 17.5 Å². The van der Waals surface area contributed by atoms with Crippen LogP contribution in [0.2, 0.25) is 0 Å². The van der Waals surface area contributed by atoms with Gasteiger partial charge in [-0.05, 0) is 23.8 Å². The fraction of sp³-hybridized carbons (Fsp3) is 0.333. The van der Waals surface area contributed by atoms with Crippen molar-refractivity contribution in [2.45, 2.75) is 13.1 Å². The van der Waals surface area contributed by atoms with Crippen LogP contribution >= 0.6 is 0 Å². The van der Waals surface area contributed by atoms with Gasteiger partial charge in [0.25, 0.3) is 0 Å². The van der Waals surface area contributed by atoms with Gasteiger partial charge in [0.2, 0.25) is 6.79 Å². The quantitative estimate of drug-likeness (QED) is 0.636. The number of hydrogen-bond acceptors (Lipinski definition) is 4. The monoisotopic (exact) mass is 301 g/mol. The fourth-order valence-corrected chi connectivity index (χ4v) is 2.18. The van der Waals surface area contributed by atoms with E-state index in [9.17, 15) is 0 Å². The van der Waals surface area contributed by atoms with Crippen molar-refractivity contribution < 1.29 is 9.47 Å². The van der Waals surface area contributed by atoms with Crippen LogP contribution in [0, 0.1) is 0 Å². The van der Waals surface area contributed by atoms with Gasteiger partial charge in [-0.3, -0.25) is 9.67 Å². The van der Waals surface area contributed by atoms with Gasteiger partial charge in [-0.15, -0.1) is 0 Å². The minimum atomic E-state index is 0.295. The smallest absolute Gasteiger partial charge is 0.231 e. The highest BCUT2D eigenvalue weighted by atomic mass is 16.7. The number of nitrogens with zero attached hydrogens (tertiary/aromatic N) is 3. The third-order valence-corrected chi connectivity index (χ3v) is 3.31. The Bertz CT molecular complexity index is 639. The molecule has 1 aliphatic rings. The molecule has 0 amide bonds. The Balaban J connectivity index is 1.46. The van der Waals surface area contributed by atoms with Crippen LogP contribution in [0.1, 0.15) is 5.56 Å². The van der Waals surface area contributed by atoms with Crippen LogP contribution in [0.3, 0.4) is 0 Å². The summed E-state index contributed by atoms with van der Waals surface area (Å²) < 4.78 is 12.5. The highest BCUT2D eigenvalue weighted by molar-refractivity contribution is 5.79. The molecule has 0 spiro atoms. The molecule has 22 heavy (non-hydrogen) atoms. The van der Waals surface area contributed by atoms with E-state index in [2.05, 4.69) is 20.7 Å². The Labute approximate surface area is 129 Å². The summed E-state index contributed by atoms with van der Waals surface area (Å²) in [5.41, 5.74) is 1.11. The molecule has 7 nitrogen and oxygen atoms in total. The summed E-state index contributed by atoms with van der Waals surface area (Å²) in [4.78, 5) is 4.20. The lowest BCUT2D eigenvalue weighted by molar-refractivity contribution is 0.174. The molecule has 0 atom stereocenters. The molecule has 0 saturated carbocycles. The van der Waals surface area contributed by atoms with E-state index in [0.717, 1.165) is 36.1 Å². The van der Waals surface area contributed by atoms with Gasteiger partial charge in [-0.25, -0.2) is 0 Å². The van der Waals surface area contributed by atoms with E-state index in [1.165, 1.54) is 0 Å². The zero-order valence-electron chi connectivity index (χ0n) is 12.5. The number of rotatable bonds is 5. The summed E-state index contributed by atoms with van der Waals surface area (Å²) in [6.07, 6.45) is 3.71. The molecule has 1 aromatic carbocycles. The maximum Gasteiger partial charge on any atom is 0.231 e. The second kappa shape index (κ2) is 6.84. The van der Waals surface area contributed by atoms with Crippen LogP contribution in [0.15, 0.2) is 41.7 Å². The number of aromatic nitrogens is 2. The maximum absolute atomic E-state index is 5.37. The third-order valence-electron chi connectivity index (χ3n) is 3.31. The molecule has 116 valence electrons. The lowest BCUT2D eigenvalue weighted by Gasteiger charge is -2.12. The molecule has 2 aromatic rings. The summed E-state index contributed by atoms with van der Waals surface area (Å²) in [6.45, 7) is 2.50. The molecule has 7 heteroatoms. The molecule has 0 bridgehead atoms. The molecule has 2 N–H and O–H groups in total. The normalized spacial score (nSPS) is 13.2. The number of benzene rings is 1. The van der Waals surface area contributed by atoms with Gasteiger partial charge in [-0.2, -0.15) is 5.10 Å². The summed E-state index contributed by atoms with van der Waals surface area (Å²) >= 11 is 0. The van der Waals surface area contributed by atoms with E-state index in [1.54, 1.807) is 13.2 Å². The fourth-order valence-electron chi connectivity index (χ4n) is 2.18. The highest BCUT2D eigenvalue weighted by Crippen LogP contribution is 2.32. The van der Waals surface area contributed by atoms with E-state index in [-0.39, 0.29) is 0 Å². The van der Waals surface area contributed by atoms with Gasteiger partial charge >= 0.3 is 0 Å². The number of guanidine groups is 1. The molecule has 0 saturated heterocycles. The Morgan fingerprint density at radius 2 is 2.23 bits per heavy atom. The van der Waals surface area contributed by atoms with Crippen LogP contribution in [-0.4, -0.2) is 36.1 Å². The number of fused-ring (bicyclic) bond motifs is 1. The number of ether oxygens (including phenoxy) is 2. The molecule has 1 aliphatic heterocycles. The Morgan fingerprint density at radius 3 is 3.05 bits per heavy atom. The predicted octanol–water partition coefficient (Wildman–Crippen LogP) is 0.977. The molecular weight excluding hydrogens is 282 g/mol. The van der Waals surface area contributed by atoms with E-state index in [4.69, 9.17) is 9.47 Å². The summed E-state index contributed by atoms with van der Waals surface area (Å²) in [5.74, 6) is 2.34. The first kappa shape index (κ1) is 14.2. The number of nitrogens with one attached hydrogen (secondary N) is 2. The minimum Gasteiger partial charge on any atom is -0.454 e. The zero-order chi connectivity index (χ0) is 15.2. The molecule has 0 fully saturated rings. The van der Waals surface area contributed by atoms with E-state index >= 15 is 0 Å². The van der Waals surface area contributed by atoms with E-state index in [1.807, 2.05) is 35.1 Å². The predicted molar refractivity (Wildman–Crippen MR) is 83.0 cm³/mol. The topological polar surface area (TPSA) is 72.7 Å². The second-order valence-corrected chi connectivity index (χ2v) is 4.81. The van der Waals surface area contributed by atoms with Crippen molar-refractivity contribution in [3.8, 4) is 11.5 Å². The summed E-state index contributed by atoms with van der Waals surface area (Å²) in [6, 6.07) is 7.82. The van der Waals surface area contributed by atoms with Gasteiger partial charge in [-0.1, -0.05) is 6.07 Å². The largest absolute Gasteiger partial charge is 0.454 e. The van der Waals surface area contributed by atoms with Crippen molar-refractivity contribution in [1.29, 1.82) is 0 Å². The van der Waals surface area contributed by atoms with Crippen LogP contribution in [0.25, 0.3) is 0 Å². The Morgan fingerprint density at radius 1 is 1.32 bits per heavy atom. The lowest BCUT2D eigenvalue weighted by Crippen LogP contribution is -2.38. The van der Waals surface area contributed by atoms with Gasteiger partial charge in [0, 0.05) is 32.5 Å². The lowest BCUT2D eigenvalue weighted by atomic mass is 10.2. The van der Waals surface area contributed by atoms with Crippen LogP contribution in [0.4, 0.5) is 0 Å². The Hall–Kier alpha value is -2.70. The van der Waals surface area contributed by atoms with E-state index < -0.39 is 0 Å². The minimum absolute atomic E-state index is 0.295. The Kier molecular flexibility index (Phi) is 4.43. The molecule has 1 aromatic heterocycles. The van der Waals surface area contributed by atoms with Crippen molar-refractivity contribution in [3.05, 3.63) is 42.2 Å². The standard InChI is InChI=1S/C15H19N5O2/c1-16-15(17-6-8-20-7-2-5-19-20)18-10-12-3-4-13-14(9-12)22-11-21-13/h2-5,7,9H,6,8,10-11H2,1H3,(H2,16,17,18). The van der Waals surface area contributed by atoms with Gasteiger partial charge in [0.05, 0.1) is 6.54 Å². The zero-order valence-corrected chi connectivity index (χ0v) is 12.5. The van der Waals surface area contributed by atoms with Gasteiger partial charge < -0.3 is 20.1 Å². The molecule has 0 aliphatic carbocycles.